The molecule has 1 atom stereocenters. The van der Waals surface area contributed by atoms with Crippen LogP contribution in [0, 0.1) is 0 Å². The van der Waals surface area contributed by atoms with Crippen LogP contribution in [-0.2, 0) is 17.6 Å². The first-order chi connectivity index (χ1) is 13.5. The Kier molecular flexibility index (Phi) is 5.12. The van der Waals surface area contributed by atoms with Gasteiger partial charge >= 0.3 is 0 Å². The number of hydrogen-bond acceptors (Lipinski definition) is 2. The predicted octanol–water partition coefficient (Wildman–Crippen LogP) is 4.69. The van der Waals surface area contributed by atoms with Crippen LogP contribution in [0.2, 0.25) is 0 Å². The van der Waals surface area contributed by atoms with Crippen molar-refractivity contribution in [3.8, 4) is 5.75 Å². The van der Waals surface area contributed by atoms with Crippen LogP contribution in [-0.4, -0.2) is 35.0 Å². The molecule has 2 heterocycles. The first kappa shape index (κ1) is 18.6. The van der Waals surface area contributed by atoms with E-state index in [-0.39, 0.29) is 5.91 Å². The Balaban J connectivity index is 1.47. The number of hydrogen-bond donors (Lipinski definition) is 1. The Labute approximate surface area is 166 Å². The predicted molar refractivity (Wildman–Crippen MR) is 113 cm³/mol. The average molecular weight is 377 g/mol. The molecule has 2 aromatic carbocycles. The van der Waals surface area contributed by atoms with Crippen molar-refractivity contribution < 1.29 is 9.53 Å². The number of fused-ring (bicyclic) bond motifs is 3. The third-order valence-corrected chi connectivity index (χ3v) is 5.67. The van der Waals surface area contributed by atoms with Gasteiger partial charge < -0.3 is 14.6 Å². The monoisotopic (exact) mass is 376 g/mol. The van der Waals surface area contributed by atoms with E-state index in [1.165, 1.54) is 22.2 Å². The lowest BCUT2D eigenvalue weighted by atomic mass is 10.0. The molecule has 1 aliphatic rings. The fourth-order valence-corrected chi connectivity index (χ4v) is 4.14. The summed E-state index contributed by atoms with van der Waals surface area (Å²) in [6.07, 6.45) is 1.24. The zero-order valence-corrected chi connectivity index (χ0v) is 16.9. The highest BCUT2D eigenvalue weighted by atomic mass is 16.5. The maximum Gasteiger partial charge on any atom is 0.263 e. The highest BCUT2D eigenvalue weighted by Crippen LogP contribution is 2.28. The molecule has 1 N–H and O–H groups in total. The van der Waals surface area contributed by atoms with Gasteiger partial charge in [0.2, 0.25) is 0 Å². The first-order valence-electron chi connectivity index (χ1n) is 10.2. The van der Waals surface area contributed by atoms with Crippen molar-refractivity contribution in [2.24, 2.45) is 0 Å². The number of aromatic nitrogens is 1. The molecule has 4 rings (SSSR count). The van der Waals surface area contributed by atoms with Crippen LogP contribution >= 0.6 is 0 Å². The molecule has 0 fully saturated rings. The lowest BCUT2D eigenvalue weighted by molar-refractivity contribution is -0.137. The lowest BCUT2D eigenvalue weighted by Gasteiger charge is -2.25. The largest absolute Gasteiger partial charge is 0.481 e. The van der Waals surface area contributed by atoms with Crippen molar-refractivity contribution in [1.29, 1.82) is 0 Å². The second-order valence-corrected chi connectivity index (χ2v) is 7.91. The van der Waals surface area contributed by atoms with Gasteiger partial charge in [0.25, 0.3) is 5.91 Å². The number of aromatic amines is 1. The zero-order valence-electron chi connectivity index (χ0n) is 16.9. The molecule has 4 heteroatoms. The van der Waals surface area contributed by atoms with Gasteiger partial charge in [0.1, 0.15) is 5.75 Å². The summed E-state index contributed by atoms with van der Waals surface area (Å²) in [4.78, 5) is 18.5. The van der Waals surface area contributed by atoms with Gasteiger partial charge in [-0.3, -0.25) is 4.79 Å². The summed E-state index contributed by atoms with van der Waals surface area (Å²) >= 11 is 0. The SMILES string of the molecule is CC(Oc1ccccc1C(C)C)C(=O)N1CCc2[nH]c3ccccc3c2CC1. The van der Waals surface area contributed by atoms with E-state index in [4.69, 9.17) is 4.74 Å². The van der Waals surface area contributed by atoms with Gasteiger partial charge in [-0.05, 0) is 42.5 Å². The van der Waals surface area contributed by atoms with Gasteiger partial charge in [-0.25, -0.2) is 0 Å². The molecule has 1 aromatic heterocycles. The van der Waals surface area contributed by atoms with Crippen LogP contribution in [0.25, 0.3) is 10.9 Å². The second kappa shape index (κ2) is 7.70. The summed E-state index contributed by atoms with van der Waals surface area (Å²) < 4.78 is 6.09. The maximum atomic E-state index is 13.1. The number of H-pyrrole nitrogens is 1. The molecule has 1 amide bonds. The maximum absolute atomic E-state index is 13.1. The summed E-state index contributed by atoms with van der Waals surface area (Å²) in [5, 5.41) is 1.28. The summed E-state index contributed by atoms with van der Waals surface area (Å²) in [5.74, 6) is 1.23. The Morgan fingerprint density at radius 3 is 2.54 bits per heavy atom. The van der Waals surface area contributed by atoms with Gasteiger partial charge in [-0.2, -0.15) is 0 Å². The summed E-state index contributed by atoms with van der Waals surface area (Å²) in [6.45, 7) is 7.59. The van der Waals surface area contributed by atoms with E-state index >= 15 is 0 Å². The van der Waals surface area contributed by atoms with E-state index in [1.807, 2.05) is 30.0 Å². The molecule has 0 bridgehead atoms. The smallest absolute Gasteiger partial charge is 0.263 e. The number of amides is 1. The molecular weight excluding hydrogens is 348 g/mol. The number of nitrogens with one attached hydrogen (secondary N) is 1. The van der Waals surface area contributed by atoms with Crippen LogP contribution in [0.5, 0.6) is 5.75 Å². The molecule has 3 aromatic rings. The van der Waals surface area contributed by atoms with Gasteiger partial charge in [-0.1, -0.05) is 50.2 Å². The molecule has 0 spiro atoms. The van der Waals surface area contributed by atoms with Gasteiger partial charge in [-0.15, -0.1) is 0 Å². The van der Waals surface area contributed by atoms with Gasteiger partial charge in [0.15, 0.2) is 6.10 Å². The Morgan fingerprint density at radius 1 is 1.00 bits per heavy atom. The van der Waals surface area contributed by atoms with E-state index < -0.39 is 6.10 Å². The fraction of sp³-hybridized carbons (Fsp3) is 0.375. The number of benzene rings is 2. The third kappa shape index (κ3) is 3.51. The highest BCUT2D eigenvalue weighted by Gasteiger charge is 2.26. The van der Waals surface area contributed by atoms with E-state index in [0.29, 0.717) is 5.92 Å². The quantitative estimate of drug-likeness (QED) is 0.718. The van der Waals surface area contributed by atoms with Crippen LogP contribution in [0.15, 0.2) is 48.5 Å². The fourth-order valence-electron chi connectivity index (χ4n) is 4.14. The van der Waals surface area contributed by atoms with E-state index in [1.54, 1.807) is 0 Å². The van der Waals surface area contributed by atoms with Crippen molar-refractivity contribution >= 4 is 16.8 Å². The minimum atomic E-state index is -0.493. The molecule has 0 aliphatic carbocycles. The highest BCUT2D eigenvalue weighted by molar-refractivity contribution is 5.85. The van der Waals surface area contributed by atoms with Crippen LogP contribution in [0.3, 0.4) is 0 Å². The second-order valence-electron chi connectivity index (χ2n) is 7.91. The Hall–Kier alpha value is -2.75. The number of para-hydroxylation sites is 2. The number of carbonyl (C=O) groups excluding carboxylic acids is 1. The number of carbonyl (C=O) groups is 1. The number of nitrogens with zero attached hydrogens (tertiary/aromatic N) is 1. The molecule has 1 aliphatic heterocycles. The summed E-state index contributed by atoms with van der Waals surface area (Å²) in [6, 6.07) is 16.4. The summed E-state index contributed by atoms with van der Waals surface area (Å²) in [5.41, 5.74) is 4.94. The molecule has 1 unspecified atom stereocenters. The lowest BCUT2D eigenvalue weighted by Crippen LogP contribution is -2.42. The Morgan fingerprint density at radius 2 is 1.71 bits per heavy atom. The van der Waals surface area contributed by atoms with E-state index in [9.17, 15) is 4.79 Å². The number of ether oxygens (including phenoxy) is 1. The Bertz CT molecular complexity index is 989. The average Bonchev–Trinajstić information content (AvgIpc) is 2.92. The minimum Gasteiger partial charge on any atom is -0.481 e. The topological polar surface area (TPSA) is 45.3 Å². The molecule has 0 saturated carbocycles. The molecule has 28 heavy (non-hydrogen) atoms. The minimum absolute atomic E-state index is 0.0630. The van der Waals surface area contributed by atoms with E-state index in [2.05, 4.69) is 49.2 Å². The van der Waals surface area contributed by atoms with Crippen molar-refractivity contribution in [2.75, 3.05) is 13.1 Å². The van der Waals surface area contributed by atoms with Gasteiger partial charge in [0.05, 0.1) is 0 Å². The van der Waals surface area contributed by atoms with Crippen molar-refractivity contribution in [2.45, 2.75) is 45.6 Å². The molecule has 146 valence electrons. The molecule has 4 nitrogen and oxygen atoms in total. The first-order valence-corrected chi connectivity index (χ1v) is 10.2. The van der Waals surface area contributed by atoms with E-state index in [0.717, 1.165) is 37.2 Å². The van der Waals surface area contributed by atoms with Crippen molar-refractivity contribution in [3.05, 3.63) is 65.4 Å². The zero-order chi connectivity index (χ0) is 19.7. The van der Waals surface area contributed by atoms with Crippen LogP contribution in [0.4, 0.5) is 0 Å². The molecule has 0 radical (unpaired) electrons. The van der Waals surface area contributed by atoms with Crippen molar-refractivity contribution in [1.82, 2.24) is 9.88 Å². The third-order valence-electron chi connectivity index (χ3n) is 5.67. The van der Waals surface area contributed by atoms with Crippen LogP contribution < -0.4 is 4.74 Å². The number of rotatable bonds is 4. The van der Waals surface area contributed by atoms with Crippen molar-refractivity contribution in [3.63, 3.8) is 0 Å². The van der Waals surface area contributed by atoms with Crippen LogP contribution in [0.1, 0.15) is 43.5 Å². The standard InChI is InChI=1S/C24H28N2O2/c1-16(2)18-8-5-7-11-23(18)28-17(3)24(27)26-14-12-20-19-9-4-6-10-21(19)25-22(20)13-15-26/h4-11,16-17,25H,12-15H2,1-3H3. The summed E-state index contributed by atoms with van der Waals surface area (Å²) in [7, 11) is 0. The normalized spacial score (nSPS) is 15.4. The van der Waals surface area contributed by atoms with Gasteiger partial charge in [0, 0.05) is 36.1 Å². The molecular formula is C24H28N2O2. The molecule has 0 saturated heterocycles.